The summed E-state index contributed by atoms with van der Waals surface area (Å²) in [4.78, 5) is 17.4. The summed E-state index contributed by atoms with van der Waals surface area (Å²) in [5, 5.41) is 0. The number of rotatable bonds is 7. The molecule has 0 aromatic rings. The van der Waals surface area contributed by atoms with Crippen LogP contribution >= 0.6 is 0 Å². The Morgan fingerprint density at radius 1 is 1.50 bits per heavy atom. The van der Waals surface area contributed by atoms with E-state index >= 15 is 0 Å². The van der Waals surface area contributed by atoms with Gasteiger partial charge in [0, 0.05) is 6.54 Å². The van der Waals surface area contributed by atoms with E-state index in [1.807, 2.05) is 12.6 Å². The molecule has 0 heterocycles. The molecule has 14 heavy (non-hydrogen) atoms. The quantitative estimate of drug-likeness (QED) is 0.459. The van der Waals surface area contributed by atoms with Crippen molar-refractivity contribution < 1.29 is 9.63 Å². The molecule has 0 aromatic carbocycles. The van der Waals surface area contributed by atoms with E-state index in [-0.39, 0.29) is 5.97 Å². The smallest absolute Gasteiger partial charge is 0.327 e. The highest BCUT2D eigenvalue weighted by Gasteiger charge is 2.05. The molecule has 0 fully saturated rings. The van der Waals surface area contributed by atoms with Gasteiger partial charge >= 0.3 is 5.97 Å². The molecule has 0 saturated heterocycles. The maximum absolute atomic E-state index is 10.9. The van der Waals surface area contributed by atoms with Crippen LogP contribution in [-0.4, -0.2) is 31.0 Å². The molecule has 0 aliphatic heterocycles. The third-order valence-corrected chi connectivity index (χ3v) is 1.96. The molecule has 0 aliphatic rings. The van der Waals surface area contributed by atoms with Gasteiger partial charge in [0.1, 0.15) is 0 Å². The Kier molecular flexibility index (Phi) is 7.37. The fourth-order valence-corrected chi connectivity index (χ4v) is 0.989. The van der Waals surface area contributed by atoms with Gasteiger partial charge in [-0.15, -0.1) is 0 Å². The summed E-state index contributed by atoms with van der Waals surface area (Å²) in [6.45, 7) is 6.06. The summed E-state index contributed by atoms with van der Waals surface area (Å²) in [6, 6.07) is 0. The average Bonchev–Trinajstić information content (AvgIpc) is 2.12. The molecule has 3 N–H and O–H groups in total. The molecule has 0 unspecified atom stereocenters. The molecule has 0 aromatic heterocycles. The van der Waals surface area contributed by atoms with E-state index in [1.54, 1.807) is 0 Å². The molecule has 0 bridgehead atoms. The first-order chi connectivity index (χ1) is 6.56. The fraction of sp³-hybridized carbons (Fsp3) is 0.889. The van der Waals surface area contributed by atoms with Gasteiger partial charge in [0.2, 0.25) is 0 Å². The van der Waals surface area contributed by atoms with Gasteiger partial charge in [-0.25, -0.2) is 5.84 Å². The largest absolute Gasteiger partial charge is 0.356 e. The SMILES string of the molecule is CC(C)CCN(C)CCC(=O)ONN. The second-order valence-corrected chi connectivity index (χ2v) is 3.83. The van der Waals surface area contributed by atoms with Crippen LogP contribution < -0.4 is 11.4 Å². The molecule has 0 atom stereocenters. The first-order valence-corrected chi connectivity index (χ1v) is 4.90. The van der Waals surface area contributed by atoms with E-state index in [1.165, 1.54) is 0 Å². The first-order valence-electron chi connectivity index (χ1n) is 4.90. The summed E-state index contributed by atoms with van der Waals surface area (Å²) in [6.07, 6.45) is 1.50. The van der Waals surface area contributed by atoms with Gasteiger partial charge in [-0.2, -0.15) is 0 Å². The van der Waals surface area contributed by atoms with Crippen molar-refractivity contribution in [2.45, 2.75) is 26.7 Å². The highest BCUT2D eigenvalue weighted by Crippen LogP contribution is 2.00. The predicted octanol–water partition coefficient (Wildman–Crippen LogP) is 0.276. The number of hydrogen-bond donors (Lipinski definition) is 2. The van der Waals surface area contributed by atoms with E-state index in [2.05, 4.69) is 23.6 Å². The minimum absolute atomic E-state index is 0.330. The molecule has 0 radical (unpaired) electrons. The Morgan fingerprint density at radius 2 is 2.14 bits per heavy atom. The Bertz CT molecular complexity index is 162. The van der Waals surface area contributed by atoms with E-state index in [9.17, 15) is 4.79 Å². The molecule has 0 saturated carbocycles. The summed E-state index contributed by atoms with van der Waals surface area (Å²) in [7, 11) is 1.99. The molecule has 84 valence electrons. The number of carbonyl (C=O) groups excluding carboxylic acids is 1. The molecule has 0 amide bonds. The van der Waals surface area contributed by atoms with Gasteiger partial charge in [0.25, 0.3) is 0 Å². The topological polar surface area (TPSA) is 67.6 Å². The molecular formula is C9H21N3O2. The van der Waals surface area contributed by atoms with Crippen molar-refractivity contribution in [1.29, 1.82) is 0 Å². The standard InChI is InChI=1S/C9H21N3O2/c1-8(2)4-6-12(3)7-5-9(13)14-11-10/h8,11H,4-7,10H2,1-3H3. The zero-order chi connectivity index (χ0) is 11.0. The Hall–Kier alpha value is -0.650. The van der Waals surface area contributed by atoms with Crippen LogP contribution in [0.25, 0.3) is 0 Å². The summed E-state index contributed by atoms with van der Waals surface area (Å²) < 4.78 is 0. The minimum Gasteiger partial charge on any atom is -0.356 e. The average molecular weight is 203 g/mol. The Balaban J connectivity index is 3.43. The van der Waals surface area contributed by atoms with Crippen LogP contribution in [0.4, 0.5) is 0 Å². The summed E-state index contributed by atoms with van der Waals surface area (Å²) in [5.41, 5.74) is 1.87. The van der Waals surface area contributed by atoms with Gasteiger partial charge in [0.05, 0.1) is 6.42 Å². The zero-order valence-corrected chi connectivity index (χ0v) is 9.25. The third-order valence-electron chi connectivity index (χ3n) is 1.96. The van der Waals surface area contributed by atoms with Crippen molar-refractivity contribution in [3.05, 3.63) is 0 Å². The van der Waals surface area contributed by atoms with E-state index < -0.39 is 0 Å². The number of nitrogens with two attached hydrogens (primary N) is 1. The van der Waals surface area contributed by atoms with Crippen LogP contribution in [-0.2, 0) is 9.63 Å². The van der Waals surface area contributed by atoms with Crippen molar-refractivity contribution in [3.63, 3.8) is 0 Å². The van der Waals surface area contributed by atoms with Crippen molar-refractivity contribution in [1.82, 2.24) is 10.5 Å². The summed E-state index contributed by atoms with van der Waals surface area (Å²) >= 11 is 0. The molecule has 0 rings (SSSR count). The molecule has 0 aliphatic carbocycles. The molecular weight excluding hydrogens is 182 g/mol. The lowest BCUT2D eigenvalue weighted by molar-refractivity contribution is -0.151. The second kappa shape index (κ2) is 7.73. The van der Waals surface area contributed by atoms with Crippen molar-refractivity contribution >= 4 is 5.97 Å². The molecule has 5 nitrogen and oxygen atoms in total. The van der Waals surface area contributed by atoms with Crippen LogP contribution in [0.5, 0.6) is 0 Å². The Labute approximate surface area is 85.5 Å². The normalized spacial score (nSPS) is 11.0. The van der Waals surface area contributed by atoms with Crippen LogP contribution in [0.1, 0.15) is 26.7 Å². The number of carbonyl (C=O) groups is 1. The predicted molar refractivity (Wildman–Crippen MR) is 55.0 cm³/mol. The van der Waals surface area contributed by atoms with Gasteiger partial charge in [-0.1, -0.05) is 19.4 Å². The number of hydrogen-bond acceptors (Lipinski definition) is 5. The third kappa shape index (κ3) is 7.97. The lowest BCUT2D eigenvalue weighted by Gasteiger charge is -2.16. The molecule has 0 spiro atoms. The van der Waals surface area contributed by atoms with Crippen LogP contribution in [0.3, 0.4) is 0 Å². The Morgan fingerprint density at radius 3 is 2.64 bits per heavy atom. The zero-order valence-electron chi connectivity index (χ0n) is 9.25. The van der Waals surface area contributed by atoms with Crippen molar-refractivity contribution in [3.8, 4) is 0 Å². The maximum Gasteiger partial charge on any atom is 0.327 e. The summed E-state index contributed by atoms with van der Waals surface area (Å²) in [5.74, 6) is 5.19. The highest BCUT2D eigenvalue weighted by molar-refractivity contribution is 5.69. The second-order valence-electron chi connectivity index (χ2n) is 3.83. The fourth-order valence-electron chi connectivity index (χ4n) is 0.989. The number of hydrazine groups is 1. The van der Waals surface area contributed by atoms with Gasteiger partial charge in [-0.3, -0.25) is 4.79 Å². The van der Waals surface area contributed by atoms with Gasteiger partial charge in [0.15, 0.2) is 0 Å². The van der Waals surface area contributed by atoms with Crippen molar-refractivity contribution in [2.24, 2.45) is 11.8 Å². The van der Waals surface area contributed by atoms with E-state index in [0.717, 1.165) is 13.0 Å². The number of nitrogens with zero attached hydrogens (tertiary/aromatic N) is 1. The lowest BCUT2D eigenvalue weighted by Crippen LogP contribution is -2.29. The van der Waals surface area contributed by atoms with Gasteiger partial charge in [-0.05, 0) is 25.9 Å². The van der Waals surface area contributed by atoms with E-state index in [0.29, 0.717) is 18.9 Å². The monoisotopic (exact) mass is 203 g/mol. The first kappa shape index (κ1) is 13.4. The van der Waals surface area contributed by atoms with Gasteiger partial charge < -0.3 is 9.74 Å². The van der Waals surface area contributed by atoms with Crippen molar-refractivity contribution in [2.75, 3.05) is 20.1 Å². The lowest BCUT2D eigenvalue weighted by atomic mass is 10.1. The number of nitrogens with one attached hydrogen (secondary N) is 1. The highest BCUT2D eigenvalue weighted by atomic mass is 16.7. The molecule has 5 heteroatoms. The van der Waals surface area contributed by atoms with Crippen LogP contribution in [0, 0.1) is 5.92 Å². The maximum atomic E-state index is 10.9. The minimum atomic E-state index is -0.330. The van der Waals surface area contributed by atoms with Crippen LogP contribution in [0.15, 0.2) is 0 Å². The van der Waals surface area contributed by atoms with Crippen LogP contribution in [0.2, 0.25) is 0 Å². The van der Waals surface area contributed by atoms with E-state index in [4.69, 9.17) is 5.84 Å².